The summed E-state index contributed by atoms with van der Waals surface area (Å²) in [5, 5.41) is 0. The van der Waals surface area contributed by atoms with Gasteiger partial charge in [-0.3, -0.25) is 0 Å². The largest absolute Gasteiger partial charge is 0.0654 e. The van der Waals surface area contributed by atoms with Crippen LogP contribution in [0, 0.1) is 16.7 Å². The average Bonchev–Trinajstić information content (AvgIpc) is 2.42. The summed E-state index contributed by atoms with van der Waals surface area (Å²) >= 11 is 0. The third-order valence-corrected chi connectivity index (χ3v) is 3.91. The maximum absolute atomic E-state index is 2.46. The van der Waals surface area contributed by atoms with Crippen LogP contribution in [0.15, 0.2) is 0 Å². The molecule has 0 N–H and O–H groups in total. The molecule has 0 aromatic rings. The number of rotatable bonds is 3. The van der Waals surface area contributed by atoms with E-state index < -0.39 is 0 Å². The Morgan fingerprint density at radius 2 is 1.90 bits per heavy atom. The topological polar surface area (TPSA) is 0 Å². The normalized spacial score (nSPS) is 42.9. The smallest absolute Gasteiger partial charge is 0.0212 e. The molecule has 0 heteroatoms. The van der Waals surface area contributed by atoms with Crippen LogP contribution in [0.2, 0.25) is 0 Å². The third-order valence-electron chi connectivity index (χ3n) is 3.91. The van der Waals surface area contributed by atoms with Crippen LogP contribution in [0.4, 0.5) is 0 Å². The maximum atomic E-state index is 2.46. The number of hydrogen-bond acceptors (Lipinski definition) is 0. The molecule has 2 fully saturated rings. The minimum absolute atomic E-state index is 0.673. The lowest BCUT2D eigenvalue weighted by molar-refractivity contribution is 0.224. The van der Waals surface area contributed by atoms with Gasteiger partial charge in [0.1, 0.15) is 0 Å². The standard InChI is InChI=1S/C10H18/c1-4-5-9(2,3)10-6-8(10)7-10/h8H,4-7H2,1-3H3. The van der Waals surface area contributed by atoms with E-state index in [4.69, 9.17) is 0 Å². The van der Waals surface area contributed by atoms with Gasteiger partial charge >= 0.3 is 0 Å². The van der Waals surface area contributed by atoms with Gasteiger partial charge in [-0.1, -0.05) is 27.2 Å². The molecular weight excluding hydrogens is 120 g/mol. The molecule has 0 aliphatic heterocycles. The summed E-state index contributed by atoms with van der Waals surface area (Å²) in [5.74, 6) is 1.16. The van der Waals surface area contributed by atoms with Gasteiger partial charge in [0.05, 0.1) is 0 Å². The maximum Gasteiger partial charge on any atom is -0.0212 e. The molecule has 2 rings (SSSR count). The molecule has 0 amide bonds. The highest BCUT2D eigenvalue weighted by molar-refractivity contribution is 5.24. The van der Waals surface area contributed by atoms with E-state index in [-0.39, 0.29) is 0 Å². The molecule has 2 saturated carbocycles. The first kappa shape index (κ1) is 6.69. The monoisotopic (exact) mass is 138 g/mol. The summed E-state index contributed by atoms with van der Waals surface area (Å²) in [5.41, 5.74) is 1.54. The quantitative estimate of drug-likeness (QED) is 0.561. The first-order valence-electron chi connectivity index (χ1n) is 4.62. The Kier molecular flexibility index (Phi) is 1.07. The zero-order valence-corrected chi connectivity index (χ0v) is 7.41. The molecule has 0 bridgehead atoms. The average molecular weight is 138 g/mol. The van der Waals surface area contributed by atoms with Gasteiger partial charge < -0.3 is 0 Å². The molecule has 0 heterocycles. The van der Waals surface area contributed by atoms with Crippen LogP contribution < -0.4 is 0 Å². The molecule has 0 aromatic carbocycles. The highest BCUT2D eigenvalue weighted by atomic mass is 14.8. The van der Waals surface area contributed by atoms with Crippen molar-refractivity contribution < 1.29 is 0 Å². The molecule has 10 heavy (non-hydrogen) atoms. The molecule has 0 radical (unpaired) electrons. The van der Waals surface area contributed by atoms with Gasteiger partial charge in [-0.25, -0.2) is 0 Å². The summed E-state index contributed by atoms with van der Waals surface area (Å²) in [6.45, 7) is 7.23. The fraction of sp³-hybridized carbons (Fsp3) is 1.00. The van der Waals surface area contributed by atoms with E-state index in [9.17, 15) is 0 Å². The van der Waals surface area contributed by atoms with E-state index in [0.717, 1.165) is 11.3 Å². The highest BCUT2D eigenvalue weighted by Gasteiger charge is 2.74. The minimum atomic E-state index is 0.673. The molecule has 0 atom stereocenters. The molecule has 58 valence electrons. The summed E-state index contributed by atoms with van der Waals surface area (Å²) in [4.78, 5) is 0. The fourth-order valence-electron chi connectivity index (χ4n) is 2.68. The Labute approximate surface area is 64.0 Å². The summed E-state index contributed by atoms with van der Waals surface area (Å²) in [6, 6.07) is 0. The van der Waals surface area contributed by atoms with Crippen LogP contribution in [-0.4, -0.2) is 0 Å². The van der Waals surface area contributed by atoms with Gasteiger partial charge in [0.2, 0.25) is 0 Å². The van der Waals surface area contributed by atoms with Gasteiger partial charge in [0.25, 0.3) is 0 Å². The molecular formula is C10H18. The lowest BCUT2D eigenvalue weighted by atomic mass is 9.77. The van der Waals surface area contributed by atoms with Crippen molar-refractivity contribution in [3.05, 3.63) is 0 Å². The lowest BCUT2D eigenvalue weighted by Crippen LogP contribution is -2.18. The van der Waals surface area contributed by atoms with Crippen molar-refractivity contribution in [2.45, 2.75) is 46.5 Å². The molecule has 2 aliphatic carbocycles. The lowest BCUT2D eigenvalue weighted by Gasteiger charge is -2.27. The first-order chi connectivity index (χ1) is 4.62. The predicted molar refractivity (Wildman–Crippen MR) is 43.8 cm³/mol. The van der Waals surface area contributed by atoms with Crippen molar-refractivity contribution in [2.75, 3.05) is 0 Å². The number of fused-ring (bicyclic) bond motifs is 1. The second-order valence-corrected chi connectivity index (χ2v) is 4.90. The fourth-order valence-corrected chi connectivity index (χ4v) is 2.68. The summed E-state index contributed by atoms with van der Waals surface area (Å²) in [6.07, 6.45) is 5.91. The van der Waals surface area contributed by atoms with Crippen LogP contribution in [0.1, 0.15) is 46.5 Å². The van der Waals surface area contributed by atoms with Crippen molar-refractivity contribution in [1.29, 1.82) is 0 Å². The number of hydrogen-bond donors (Lipinski definition) is 0. The van der Waals surface area contributed by atoms with Gasteiger partial charge in [-0.2, -0.15) is 0 Å². The Balaban J connectivity index is 2.00. The van der Waals surface area contributed by atoms with Crippen LogP contribution in [0.3, 0.4) is 0 Å². The third kappa shape index (κ3) is 0.627. The molecule has 0 unspecified atom stereocenters. The van der Waals surface area contributed by atoms with E-state index in [1.807, 2.05) is 0 Å². The Hall–Kier alpha value is 0. The summed E-state index contributed by atoms with van der Waals surface area (Å²) in [7, 11) is 0. The van der Waals surface area contributed by atoms with Crippen LogP contribution >= 0.6 is 0 Å². The Bertz CT molecular complexity index is 149. The van der Waals surface area contributed by atoms with Crippen molar-refractivity contribution in [2.24, 2.45) is 16.7 Å². The van der Waals surface area contributed by atoms with Crippen molar-refractivity contribution in [1.82, 2.24) is 0 Å². The zero-order chi connectivity index (χ0) is 7.41. The van der Waals surface area contributed by atoms with E-state index in [1.54, 1.807) is 12.8 Å². The van der Waals surface area contributed by atoms with Gasteiger partial charge in [-0.15, -0.1) is 0 Å². The molecule has 0 saturated heterocycles. The van der Waals surface area contributed by atoms with Crippen LogP contribution in [-0.2, 0) is 0 Å². The predicted octanol–water partition coefficient (Wildman–Crippen LogP) is 3.22. The van der Waals surface area contributed by atoms with Crippen molar-refractivity contribution in [3.8, 4) is 0 Å². The second kappa shape index (κ2) is 1.60. The zero-order valence-electron chi connectivity index (χ0n) is 7.41. The molecule has 0 nitrogen and oxygen atoms in total. The van der Waals surface area contributed by atoms with Crippen molar-refractivity contribution in [3.63, 3.8) is 0 Å². The van der Waals surface area contributed by atoms with Gasteiger partial charge in [0, 0.05) is 0 Å². The second-order valence-electron chi connectivity index (χ2n) is 4.90. The van der Waals surface area contributed by atoms with Crippen LogP contribution in [0.5, 0.6) is 0 Å². The van der Waals surface area contributed by atoms with Crippen molar-refractivity contribution >= 4 is 0 Å². The highest BCUT2D eigenvalue weighted by Crippen LogP contribution is 2.83. The molecule has 2 aliphatic rings. The van der Waals surface area contributed by atoms with E-state index in [2.05, 4.69) is 20.8 Å². The van der Waals surface area contributed by atoms with E-state index >= 15 is 0 Å². The van der Waals surface area contributed by atoms with E-state index in [1.165, 1.54) is 12.8 Å². The van der Waals surface area contributed by atoms with Gasteiger partial charge in [-0.05, 0) is 36.0 Å². The SMILES string of the molecule is CCCC(C)(C)C12CC1C2. The van der Waals surface area contributed by atoms with Gasteiger partial charge in [0.15, 0.2) is 0 Å². The van der Waals surface area contributed by atoms with E-state index in [0.29, 0.717) is 5.41 Å². The summed E-state index contributed by atoms with van der Waals surface area (Å²) < 4.78 is 0. The molecule has 0 spiro atoms. The Morgan fingerprint density at radius 1 is 1.40 bits per heavy atom. The Morgan fingerprint density at radius 3 is 2.20 bits per heavy atom. The first-order valence-corrected chi connectivity index (χ1v) is 4.62. The van der Waals surface area contributed by atoms with Crippen LogP contribution in [0.25, 0.3) is 0 Å². The minimum Gasteiger partial charge on any atom is -0.0654 e. The molecule has 0 aromatic heterocycles.